The first kappa shape index (κ1) is 34.4. The Bertz CT molecular complexity index is 2020. The van der Waals surface area contributed by atoms with Crippen molar-refractivity contribution in [2.75, 3.05) is 26.2 Å². The van der Waals surface area contributed by atoms with Crippen LogP contribution >= 0.6 is 23.2 Å². The second-order valence-electron chi connectivity index (χ2n) is 13.1. The molecule has 1 saturated carbocycles. The van der Waals surface area contributed by atoms with Gasteiger partial charge in [0.05, 0.1) is 54.5 Å². The molecule has 0 bridgehead atoms. The molecule has 3 fully saturated rings. The van der Waals surface area contributed by atoms with Crippen molar-refractivity contribution < 1.29 is 43.7 Å². The van der Waals surface area contributed by atoms with Crippen LogP contribution in [0.3, 0.4) is 0 Å². The van der Waals surface area contributed by atoms with E-state index in [2.05, 4.69) is 5.43 Å². The van der Waals surface area contributed by atoms with E-state index < -0.39 is 71.0 Å². The maximum absolute atomic E-state index is 15.3. The zero-order valence-electron chi connectivity index (χ0n) is 27.5. The number of aliphatic carboxylic acids is 1. The molecule has 14 heteroatoms. The molecule has 0 unspecified atom stereocenters. The Kier molecular flexibility index (Phi) is 8.71. The Balaban J connectivity index is 1.44. The Morgan fingerprint density at radius 2 is 1.69 bits per heavy atom. The summed E-state index contributed by atoms with van der Waals surface area (Å²) >= 11 is 12.6. The number of phenols is 1. The third-order valence-electron chi connectivity index (χ3n) is 10.8. The molecule has 2 saturated heterocycles. The molecule has 12 nitrogen and oxygen atoms in total. The number of amides is 4. The summed E-state index contributed by atoms with van der Waals surface area (Å²) in [6.45, 7) is -0.270. The van der Waals surface area contributed by atoms with E-state index in [1.54, 1.807) is 48.5 Å². The maximum atomic E-state index is 15.3. The van der Waals surface area contributed by atoms with Gasteiger partial charge in [-0.25, -0.2) is 0 Å². The monoisotopic (exact) mass is 733 g/mol. The van der Waals surface area contributed by atoms with Gasteiger partial charge in [-0.1, -0.05) is 53.1 Å². The molecular formula is C37H33Cl2N3O9. The van der Waals surface area contributed by atoms with Crippen molar-refractivity contribution in [3.8, 4) is 17.2 Å². The third kappa shape index (κ3) is 5.31. The molecule has 2 heterocycles. The lowest BCUT2D eigenvalue weighted by atomic mass is 9.49. The third-order valence-corrected chi connectivity index (χ3v) is 11.3. The first-order chi connectivity index (χ1) is 24.4. The number of anilines is 1. The predicted octanol–water partition coefficient (Wildman–Crippen LogP) is 5.18. The highest BCUT2D eigenvalue weighted by atomic mass is 35.5. The lowest BCUT2D eigenvalue weighted by Gasteiger charge is -2.50. The lowest BCUT2D eigenvalue weighted by molar-refractivity contribution is -0.143. The summed E-state index contributed by atoms with van der Waals surface area (Å²) < 4.78 is 10.7. The Hall–Kier alpha value is -5.07. The number of hydrazine groups is 1. The van der Waals surface area contributed by atoms with Gasteiger partial charge in [0.2, 0.25) is 11.8 Å². The fraction of sp³-hybridized carbons (Fsp3) is 0.324. The Labute approximate surface area is 302 Å². The minimum Gasteiger partial charge on any atom is -0.504 e. The van der Waals surface area contributed by atoms with Gasteiger partial charge in [0.25, 0.3) is 11.8 Å². The number of allylic oxidation sites excluding steroid dienone is 2. The van der Waals surface area contributed by atoms with Gasteiger partial charge in [0, 0.05) is 17.5 Å². The SMILES string of the molecule is COc1ccc([C@@]23C(=O)N(Nc4ccc(Cl)cc4Cl)C(=O)[C@@H]2C[C@@H]2C(=CC[C@@H]4C(=O)N(CCC(=O)O)C(=O)[C@@H]42)[C@@H]3c2ccc(OC)c(O)c2)cc1. The molecule has 3 aromatic rings. The van der Waals surface area contributed by atoms with Gasteiger partial charge in [-0.15, -0.1) is 0 Å². The van der Waals surface area contributed by atoms with Crippen molar-refractivity contribution in [1.29, 1.82) is 0 Å². The number of carboxylic acid groups (broad SMARTS) is 1. The summed E-state index contributed by atoms with van der Waals surface area (Å²) in [5.74, 6) is -7.04. The Morgan fingerprint density at radius 1 is 0.941 bits per heavy atom. The van der Waals surface area contributed by atoms with E-state index in [0.717, 1.165) is 9.91 Å². The minimum atomic E-state index is -1.61. The molecule has 6 atom stereocenters. The summed E-state index contributed by atoms with van der Waals surface area (Å²) in [5.41, 5.74) is 3.23. The molecule has 0 spiro atoms. The summed E-state index contributed by atoms with van der Waals surface area (Å²) in [6.07, 6.45) is 1.66. The van der Waals surface area contributed by atoms with Crippen molar-refractivity contribution in [3.05, 3.63) is 93.5 Å². The van der Waals surface area contributed by atoms with Gasteiger partial charge < -0.3 is 19.7 Å². The molecule has 0 aromatic heterocycles. The number of nitrogens with one attached hydrogen (secondary N) is 1. The zero-order chi connectivity index (χ0) is 36.4. The van der Waals surface area contributed by atoms with E-state index in [0.29, 0.717) is 27.5 Å². The van der Waals surface area contributed by atoms with Crippen LogP contribution in [0.1, 0.15) is 36.3 Å². The van der Waals surface area contributed by atoms with Crippen LogP contribution in [0, 0.1) is 23.7 Å². The smallest absolute Gasteiger partial charge is 0.305 e. The highest BCUT2D eigenvalue weighted by Gasteiger charge is 2.70. The first-order valence-electron chi connectivity index (χ1n) is 16.3. The predicted molar refractivity (Wildman–Crippen MR) is 184 cm³/mol. The highest BCUT2D eigenvalue weighted by molar-refractivity contribution is 6.36. The minimum absolute atomic E-state index is 0.0283. The quantitative estimate of drug-likeness (QED) is 0.197. The molecule has 2 aliphatic heterocycles. The molecule has 3 N–H and O–H groups in total. The number of rotatable bonds is 9. The average Bonchev–Trinajstić information content (AvgIpc) is 3.48. The number of carboxylic acids is 1. The van der Waals surface area contributed by atoms with Crippen LogP contribution in [0.2, 0.25) is 10.0 Å². The largest absolute Gasteiger partial charge is 0.504 e. The molecule has 4 aliphatic rings. The first-order valence-corrected chi connectivity index (χ1v) is 17.1. The molecule has 51 heavy (non-hydrogen) atoms. The van der Waals surface area contributed by atoms with E-state index in [9.17, 15) is 29.4 Å². The molecule has 264 valence electrons. The number of benzene rings is 3. The fourth-order valence-electron chi connectivity index (χ4n) is 8.60. The number of ether oxygens (including phenoxy) is 2. The zero-order valence-corrected chi connectivity index (χ0v) is 29.0. The number of halogens is 2. The van der Waals surface area contributed by atoms with Crippen LogP contribution in [-0.4, -0.2) is 70.5 Å². The van der Waals surface area contributed by atoms with Crippen LogP contribution in [0.25, 0.3) is 0 Å². The maximum Gasteiger partial charge on any atom is 0.305 e. The number of carbonyl (C=O) groups excluding carboxylic acids is 4. The van der Waals surface area contributed by atoms with E-state index in [-0.39, 0.29) is 41.6 Å². The van der Waals surface area contributed by atoms with Crippen LogP contribution in [0.4, 0.5) is 5.69 Å². The summed E-state index contributed by atoms with van der Waals surface area (Å²) in [5, 5.41) is 21.8. The number of carbonyl (C=O) groups is 5. The molecule has 2 aliphatic carbocycles. The van der Waals surface area contributed by atoms with Crippen molar-refractivity contribution >= 4 is 58.5 Å². The highest BCUT2D eigenvalue weighted by Crippen LogP contribution is 2.64. The number of imide groups is 2. The average molecular weight is 735 g/mol. The van der Waals surface area contributed by atoms with Crippen LogP contribution in [-0.2, 0) is 29.4 Å². The van der Waals surface area contributed by atoms with Gasteiger partial charge in [-0.05, 0) is 72.4 Å². The summed E-state index contributed by atoms with van der Waals surface area (Å²) in [4.78, 5) is 70.0. The standard InChI is InChI=1S/C37H33Cl2N3O9/c1-50-21-7-4-19(5-8-21)37-25(34(47)42(36(37)49)40-27-11-6-20(38)16-26(27)39)17-24-22(32(37)18-3-12-29(51-2)28(43)15-18)9-10-23-31(24)35(48)41(33(23)46)14-13-30(44)45/h3-9,11-12,15-16,23-25,31-32,40,43H,10,13-14,17H2,1-2H3,(H,44,45)/t23-,24+,25-,31-,32-,37+/m0/s1. The lowest BCUT2D eigenvalue weighted by Crippen LogP contribution is -2.53. The Morgan fingerprint density at radius 3 is 2.33 bits per heavy atom. The van der Waals surface area contributed by atoms with E-state index in [1.807, 2.05) is 6.08 Å². The molecule has 7 rings (SSSR count). The van der Waals surface area contributed by atoms with Gasteiger partial charge in [-0.3, -0.25) is 34.3 Å². The number of phenolic OH excluding ortho intramolecular Hbond substituents is 1. The van der Waals surface area contributed by atoms with Gasteiger partial charge in [0.15, 0.2) is 11.5 Å². The van der Waals surface area contributed by atoms with Crippen molar-refractivity contribution in [1.82, 2.24) is 9.91 Å². The summed E-state index contributed by atoms with van der Waals surface area (Å²) in [6, 6.07) is 16.2. The molecular weight excluding hydrogens is 701 g/mol. The van der Waals surface area contributed by atoms with Crippen LogP contribution in [0.5, 0.6) is 17.2 Å². The van der Waals surface area contributed by atoms with Crippen molar-refractivity contribution in [3.63, 3.8) is 0 Å². The normalized spacial score (nSPS) is 26.7. The van der Waals surface area contributed by atoms with E-state index in [1.165, 1.54) is 26.4 Å². The fourth-order valence-corrected chi connectivity index (χ4v) is 9.05. The molecule has 0 radical (unpaired) electrons. The van der Waals surface area contributed by atoms with Crippen LogP contribution < -0.4 is 14.9 Å². The number of nitrogens with zero attached hydrogens (tertiary/aromatic N) is 2. The summed E-state index contributed by atoms with van der Waals surface area (Å²) in [7, 11) is 2.92. The van der Waals surface area contributed by atoms with E-state index in [4.69, 9.17) is 32.7 Å². The number of aromatic hydroxyl groups is 1. The number of methoxy groups -OCH3 is 2. The molecule has 3 aromatic carbocycles. The second-order valence-corrected chi connectivity index (χ2v) is 14.0. The molecule has 4 amide bonds. The van der Waals surface area contributed by atoms with Gasteiger partial charge in [-0.2, -0.15) is 5.01 Å². The second kappa shape index (κ2) is 12.9. The number of likely N-dealkylation sites (tertiary alicyclic amines) is 1. The van der Waals surface area contributed by atoms with Gasteiger partial charge >= 0.3 is 5.97 Å². The van der Waals surface area contributed by atoms with E-state index >= 15 is 4.79 Å². The number of hydrogen-bond donors (Lipinski definition) is 3. The van der Waals surface area contributed by atoms with Gasteiger partial charge in [0.1, 0.15) is 5.75 Å². The number of hydrogen-bond acceptors (Lipinski definition) is 9. The van der Waals surface area contributed by atoms with Crippen LogP contribution in [0.15, 0.2) is 72.3 Å². The van der Waals surface area contributed by atoms with Crippen molar-refractivity contribution in [2.24, 2.45) is 23.7 Å². The van der Waals surface area contributed by atoms with Crippen molar-refractivity contribution in [2.45, 2.75) is 30.6 Å². The number of fused-ring (bicyclic) bond motifs is 4. The topological polar surface area (TPSA) is 163 Å².